The highest BCUT2D eigenvalue weighted by atomic mass is 15.0. The number of allylic oxidation sites excluding steroid dienone is 4. The number of aromatic nitrogens is 3. The van der Waals surface area contributed by atoms with E-state index in [0.29, 0.717) is 5.82 Å². The minimum atomic E-state index is 0.0636. The highest BCUT2D eigenvalue weighted by molar-refractivity contribution is 6.10. The smallest absolute Gasteiger partial charge is 0.160 e. The lowest BCUT2D eigenvalue weighted by atomic mass is 9.78. The number of benzene rings is 8. The number of hydrogen-bond donors (Lipinski definition) is 0. The second-order valence-electron chi connectivity index (χ2n) is 17.7. The molecule has 2 aliphatic rings. The highest BCUT2D eigenvalue weighted by Gasteiger charge is 2.37. The molecule has 0 spiro atoms. The van der Waals surface area contributed by atoms with Crippen molar-refractivity contribution in [3.05, 3.63) is 229 Å². The molecule has 0 unspecified atom stereocenters. The first-order valence-corrected chi connectivity index (χ1v) is 22.4. The van der Waals surface area contributed by atoms with Gasteiger partial charge in [0.05, 0.1) is 22.4 Å². The Morgan fingerprint density at radius 1 is 0.438 bits per heavy atom. The van der Waals surface area contributed by atoms with E-state index in [-0.39, 0.29) is 5.41 Å². The van der Waals surface area contributed by atoms with Crippen molar-refractivity contribution in [2.75, 3.05) is 0 Å². The van der Waals surface area contributed by atoms with E-state index in [4.69, 9.17) is 9.97 Å². The van der Waals surface area contributed by atoms with Crippen molar-refractivity contribution >= 4 is 27.4 Å². The summed E-state index contributed by atoms with van der Waals surface area (Å²) in [6.07, 6.45) is 6.96. The zero-order valence-corrected chi connectivity index (χ0v) is 36.0. The van der Waals surface area contributed by atoms with Crippen LogP contribution in [0.4, 0.5) is 0 Å². The van der Waals surface area contributed by atoms with Crippen molar-refractivity contribution in [3.63, 3.8) is 0 Å². The molecule has 2 heterocycles. The van der Waals surface area contributed by atoms with Crippen molar-refractivity contribution in [2.45, 2.75) is 32.1 Å². The Hall–Kier alpha value is -7.88. The third-order valence-electron chi connectivity index (χ3n) is 13.6. The molecular formula is C61H45N3. The normalized spacial score (nSPS) is 14.0. The average molecular weight is 820 g/mol. The van der Waals surface area contributed by atoms with Crippen LogP contribution in [-0.4, -0.2) is 14.5 Å². The van der Waals surface area contributed by atoms with Gasteiger partial charge in [0, 0.05) is 38.6 Å². The highest BCUT2D eigenvalue weighted by Crippen LogP contribution is 2.51. The molecule has 0 atom stereocenters. The third kappa shape index (κ3) is 6.43. The van der Waals surface area contributed by atoms with Gasteiger partial charge in [-0.3, -0.25) is 0 Å². The van der Waals surface area contributed by atoms with Crippen LogP contribution < -0.4 is 0 Å². The van der Waals surface area contributed by atoms with E-state index in [9.17, 15) is 0 Å². The molecule has 0 fully saturated rings. The van der Waals surface area contributed by atoms with E-state index in [1.165, 1.54) is 60.9 Å². The molecule has 8 aromatic carbocycles. The Balaban J connectivity index is 0.879. The van der Waals surface area contributed by atoms with Crippen LogP contribution in [-0.2, 0) is 5.41 Å². The molecule has 0 saturated carbocycles. The molecule has 2 aliphatic carbocycles. The SMILES string of the molecule is CC1(C)C2=C(C=CCC2)c2ccc(-c3ccc(-c4cccc(-c5ccc6c(c5)c5ccccc5n6-c5cccc(-c6nc(-c7ccccc7)cc(-c7ccccc7)n6)c5)c4)cc3)cc21. The zero-order valence-electron chi connectivity index (χ0n) is 36.0. The summed E-state index contributed by atoms with van der Waals surface area (Å²) < 4.78 is 2.37. The third-order valence-corrected chi connectivity index (χ3v) is 13.6. The lowest BCUT2D eigenvalue weighted by Crippen LogP contribution is -2.17. The summed E-state index contributed by atoms with van der Waals surface area (Å²) in [7, 11) is 0. The molecule has 2 aromatic heterocycles. The van der Waals surface area contributed by atoms with Crippen LogP contribution in [0, 0.1) is 0 Å². The Morgan fingerprint density at radius 2 is 1.00 bits per heavy atom. The van der Waals surface area contributed by atoms with E-state index in [1.54, 1.807) is 5.57 Å². The van der Waals surface area contributed by atoms with Gasteiger partial charge in [-0.15, -0.1) is 0 Å². The summed E-state index contributed by atoms with van der Waals surface area (Å²) in [5.74, 6) is 0.695. The molecule has 304 valence electrons. The molecule has 0 saturated heterocycles. The van der Waals surface area contributed by atoms with E-state index >= 15 is 0 Å². The van der Waals surface area contributed by atoms with Crippen LogP contribution in [0.15, 0.2) is 218 Å². The Bertz CT molecular complexity index is 3440. The first-order valence-electron chi connectivity index (χ1n) is 22.4. The monoisotopic (exact) mass is 819 g/mol. The fourth-order valence-corrected chi connectivity index (χ4v) is 10.2. The summed E-state index contributed by atoms with van der Waals surface area (Å²) in [4.78, 5) is 10.3. The summed E-state index contributed by atoms with van der Waals surface area (Å²) in [6.45, 7) is 4.79. The maximum absolute atomic E-state index is 5.14. The molecule has 0 aliphatic heterocycles. The fraction of sp³-hybridized carbons (Fsp3) is 0.0820. The molecule has 0 amide bonds. The maximum atomic E-state index is 5.14. The zero-order chi connectivity index (χ0) is 42.8. The molecule has 3 heteroatoms. The Kier molecular flexibility index (Phi) is 8.98. The molecule has 64 heavy (non-hydrogen) atoms. The number of hydrogen-bond acceptors (Lipinski definition) is 2. The molecule has 0 bridgehead atoms. The predicted octanol–water partition coefficient (Wildman–Crippen LogP) is 16.0. The standard InChI is InChI=1S/C61H45N3/c1-61(2)54-25-11-9-23-50(54)51-33-31-47(38-55(51)61)41-29-27-40(28-30-41)44-19-13-20-45(35-44)46-32-34-59-53(37-46)52-24-10-12-26-58(52)64(59)49-22-14-21-48(36-49)60-62-56(42-15-5-3-6-16-42)39-57(63-60)43-17-7-4-8-18-43/h3-10,12-24,26-39H,11,25H2,1-2H3. The lowest BCUT2D eigenvalue weighted by molar-refractivity contribution is 0.607. The molecule has 0 radical (unpaired) electrons. The van der Waals surface area contributed by atoms with Crippen LogP contribution in [0.1, 0.15) is 37.8 Å². The van der Waals surface area contributed by atoms with Gasteiger partial charge in [0.25, 0.3) is 0 Å². The van der Waals surface area contributed by atoms with Gasteiger partial charge in [0.1, 0.15) is 0 Å². The fourth-order valence-electron chi connectivity index (χ4n) is 10.2. The van der Waals surface area contributed by atoms with Gasteiger partial charge in [0.2, 0.25) is 0 Å². The van der Waals surface area contributed by atoms with Crippen molar-refractivity contribution in [1.29, 1.82) is 0 Å². The first kappa shape index (κ1) is 37.8. The van der Waals surface area contributed by atoms with Crippen LogP contribution in [0.25, 0.3) is 100 Å². The summed E-state index contributed by atoms with van der Waals surface area (Å²) in [6, 6.07) is 72.2. The molecule has 3 nitrogen and oxygen atoms in total. The molecule has 10 aromatic rings. The summed E-state index contributed by atoms with van der Waals surface area (Å²) in [5, 5.41) is 2.43. The van der Waals surface area contributed by atoms with E-state index in [1.807, 2.05) is 12.1 Å². The Labute approximate surface area is 374 Å². The predicted molar refractivity (Wildman–Crippen MR) is 267 cm³/mol. The molecular weight excluding hydrogens is 775 g/mol. The second kappa shape index (κ2) is 15.2. The minimum absolute atomic E-state index is 0.0636. The average Bonchev–Trinajstić information content (AvgIpc) is 3.82. The minimum Gasteiger partial charge on any atom is -0.309 e. The van der Waals surface area contributed by atoms with Crippen molar-refractivity contribution < 1.29 is 0 Å². The van der Waals surface area contributed by atoms with Gasteiger partial charge >= 0.3 is 0 Å². The van der Waals surface area contributed by atoms with Crippen LogP contribution in [0.5, 0.6) is 0 Å². The van der Waals surface area contributed by atoms with Crippen molar-refractivity contribution in [2.24, 2.45) is 0 Å². The summed E-state index contributed by atoms with van der Waals surface area (Å²) >= 11 is 0. The second-order valence-corrected chi connectivity index (χ2v) is 17.7. The van der Waals surface area contributed by atoms with Crippen LogP contribution in [0.3, 0.4) is 0 Å². The number of nitrogens with zero attached hydrogens (tertiary/aromatic N) is 3. The van der Waals surface area contributed by atoms with Gasteiger partial charge < -0.3 is 4.57 Å². The topological polar surface area (TPSA) is 30.7 Å². The van der Waals surface area contributed by atoms with Crippen LogP contribution in [0.2, 0.25) is 0 Å². The van der Waals surface area contributed by atoms with Gasteiger partial charge in [-0.25, -0.2) is 9.97 Å². The number of para-hydroxylation sites is 1. The first-order chi connectivity index (χ1) is 31.5. The molecule has 0 N–H and O–H groups in total. The van der Waals surface area contributed by atoms with Gasteiger partial charge in [-0.2, -0.15) is 0 Å². The van der Waals surface area contributed by atoms with E-state index in [2.05, 4.69) is 219 Å². The molecule has 12 rings (SSSR count). The largest absolute Gasteiger partial charge is 0.309 e. The Morgan fingerprint density at radius 3 is 1.73 bits per heavy atom. The van der Waals surface area contributed by atoms with Crippen molar-refractivity contribution in [3.8, 4) is 73.0 Å². The van der Waals surface area contributed by atoms with Crippen LogP contribution >= 0.6 is 0 Å². The van der Waals surface area contributed by atoms with Gasteiger partial charge in [-0.1, -0.05) is 183 Å². The van der Waals surface area contributed by atoms with E-state index in [0.717, 1.165) is 57.6 Å². The lowest BCUT2D eigenvalue weighted by Gasteiger charge is -2.26. The maximum Gasteiger partial charge on any atom is 0.160 e. The van der Waals surface area contributed by atoms with Gasteiger partial charge in [0.15, 0.2) is 5.82 Å². The quantitative estimate of drug-likeness (QED) is 0.160. The number of fused-ring (bicyclic) bond motifs is 5. The van der Waals surface area contributed by atoms with Crippen molar-refractivity contribution in [1.82, 2.24) is 14.5 Å². The van der Waals surface area contributed by atoms with E-state index < -0.39 is 0 Å². The number of rotatable bonds is 7. The summed E-state index contributed by atoms with van der Waals surface area (Å²) in [5.41, 5.74) is 21.5. The van der Waals surface area contributed by atoms with Gasteiger partial charge in [-0.05, 0) is 111 Å².